The van der Waals surface area contributed by atoms with Crippen molar-refractivity contribution in [3.63, 3.8) is 0 Å². The zero-order valence-electron chi connectivity index (χ0n) is 10.1. The van der Waals surface area contributed by atoms with Gasteiger partial charge in [-0.1, -0.05) is 12.1 Å². The number of nitrogens with zero attached hydrogens (tertiary/aromatic N) is 4. The first kappa shape index (κ1) is 12.0. The van der Waals surface area contributed by atoms with Crippen LogP contribution < -0.4 is 0 Å². The van der Waals surface area contributed by atoms with Crippen molar-refractivity contribution in [1.82, 2.24) is 14.4 Å². The third-order valence-corrected chi connectivity index (χ3v) is 2.90. The van der Waals surface area contributed by atoms with E-state index in [1.54, 1.807) is 22.7 Å². The average Bonchev–Trinajstić information content (AvgIpc) is 2.89. The molecule has 0 aliphatic heterocycles. The molecule has 0 saturated heterocycles. The quantitative estimate of drug-likeness (QED) is 0.412. The first-order valence-corrected chi connectivity index (χ1v) is 5.72. The first-order valence-electron chi connectivity index (χ1n) is 5.72. The fourth-order valence-corrected chi connectivity index (χ4v) is 1.92. The van der Waals surface area contributed by atoms with Gasteiger partial charge < -0.3 is 0 Å². The fourth-order valence-electron chi connectivity index (χ4n) is 1.92. The van der Waals surface area contributed by atoms with Crippen LogP contribution in [0.25, 0.3) is 16.9 Å². The van der Waals surface area contributed by atoms with Gasteiger partial charge in [0.1, 0.15) is 5.69 Å². The third kappa shape index (κ3) is 1.91. The molecule has 0 saturated carbocycles. The van der Waals surface area contributed by atoms with Gasteiger partial charge in [0.15, 0.2) is 11.9 Å². The maximum absolute atomic E-state index is 10.9. The van der Waals surface area contributed by atoms with Crippen molar-refractivity contribution < 1.29 is 9.72 Å². The molecule has 2 aromatic heterocycles. The molecule has 0 radical (unpaired) electrons. The summed E-state index contributed by atoms with van der Waals surface area (Å²) in [4.78, 5) is 29.5. The van der Waals surface area contributed by atoms with Crippen LogP contribution in [0.15, 0.2) is 42.9 Å². The predicted octanol–water partition coefficient (Wildman–Crippen LogP) is 2.12. The summed E-state index contributed by atoms with van der Waals surface area (Å²) in [6.45, 7) is 0. The highest BCUT2D eigenvalue weighted by atomic mass is 16.6. The van der Waals surface area contributed by atoms with Crippen LogP contribution in [0.3, 0.4) is 0 Å². The van der Waals surface area contributed by atoms with Crippen molar-refractivity contribution in [2.75, 3.05) is 0 Å². The number of carbonyl (C=O) groups is 1. The van der Waals surface area contributed by atoms with Crippen LogP contribution in [0.4, 0.5) is 5.69 Å². The van der Waals surface area contributed by atoms with E-state index in [9.17, 15) is 14.9 Å². The second-order valence-electron chi connectivity index (χ2n) is 4.11. The molecule has 0 fully saturated rings. The fraction of sp³-hybridized carbons (Fsp3) is 0. The smallest absolute Gasteiger partial charge is 0.270 e. The average molecular weight is 268 g/mol. The molecule has 0 amide bonds. The van der Waals surface area contributed by atoms with E-state index in [2.05, 4.69) is 9.97 Å². The first-order chi connectivity index (χ1) is 9.69. The molecule has 20 heavy (non-hydrogen) atoms. The molecule has 7 heteroatoms. The highest BCUT2D eigenvalue weighted by molar-refractivity contribution is 5.74. The van der Waals surface area contributed by atoms with Crippen LogP contribution in [0.5, 0.6) is 0 Å². The van der Waals surface area contributed by atoms with Crippen molar-refractivity contribution >= 4 is 17.6 Å². The van der Waals surface area contributed by atoms with Gasteiger partial charge in [-0.2, -0.15) is 0 Å². The number of rotatable bonds is 3. The monoisotopic (exact) mass is 268 g/mol. The van der Waals surface area contributed by atoms with Crippen molar-refractivity contribution in [3.05, 3.63) is 58.7 Å². The topological polar surface area (TPSA) is 90.4 Å². The van der Waals surface area contributed by atoms with Gasteiger partial charge in [-0.3, -0.25) is 24.3 Å². The number of aromatic nitrogens is 3. The van der Waals surface area contributed by atoms with Crippen LogP contribution in [0.2, 0.25) is 0 Å². The highest BCUT2D eigenvalue weighted by Gasteiger charge is 2.10. The summed E-state index contributed by atoms with van der Waals surface area (Å²) in [6, 6.07) is 6.16. The predicted molar refractivity (Wildman–Crippen MR) is 70.5 cm³/mol. The van der Waals surface area contributed by atoms with Gasteiger partial charge in [0, 0.05) is 23.9 Å². The Morgan fingerprint density at radius 1 is 1.25 bits per heavy atom. The van der Waals surface area contributed by atoms with Crippen molar-refractivity contribution in [1.29, 1.82) is 0 Å². The van der Waals surface area contributed by atoms with Crippen LogP contribution in [0, 0.1) is 10.1 Å². The van der Waals surface area contributed by atoms with E-state index in [4.69, 9.17) is 0 Å². The Hall–Kier alpha value is -3.09. The molecule has 0 aliphatic rings. The minimum absolute atomic E-state index is 0.00867. The minimum atomic E-state index is -0.462. The Balaban J connectivity index is 2.16. The van der Waals surface area contributed by atoms with Gasteiger partial charge in [0.25, 0.3) is 5.69 Å². The molecule has 3 rings (SSSR count). The molecule has 0 atom stereocenters. The largest absolute Gasteiger partial charge is 0.296 e. The number of benzene rings is 1. The summed E-state index contributed by atoms with van der Waals surface area (Å²) in [7, 11) is 0. The van der Waals surface area contributed by atoms with Crippen LogP contribution in [-0.4, -0.2) is 25.6 Å². The SMILES string of the molecule is O=Cc1cnc2cnc(-c3cccc([N+](=O)[O-])c3)cn12. The lowest BCUT2D eigenvalue weighted by atomic mass is 10.1. The van der Waals surface area contributed by atoms with Gasteiger partial charge in [0.05, 0.1) is 23.0 Å². The van der Waals surface area contributed by atoms with Crippen LogP contribution in [-0.2, 0) is 0 Å². The van der Waals surface area contributed by atoms with Gasteiger partial charge in [-0.25, -0.2) is 4.98 Å². The number of fused-ring (bicyclic) bond motifs is 1. The van der Waals surface area contributed by atoms with E-state index in [1.807, 2.05) is 0 Å². The van der Waals surface area contributed by atoms with E-state index in [1.165, 1.54) is 24.5 Å². The molecule has 3 aromatic rings. The zero-order valence-corrected chi connectivity index (χ0v) is 10.1. The van der Waals surface area contributed by atoms with Gasteiger partial charge in [0.2, 0.25) is 0 Å². The summed E-state index contributed by atoms with van der Waals surface area (Å²) >= 11 is 0. The van der Waals surface area contributed by atoms with Crippen molar-refractivity contribution in [2.24, 2.45) is 0 Å². The Bertz CT molecular complexity index is 825. The highest BCUT2D eigenvalue weighted by Crippen LogP contribution is 2.22. The number of hydrogen-bond acceptors (Lipinski definition) is 5. The molecule has 0 aliphatic carbocycles. The molecule has 0 N–H and O–H groups in total. The molecule has 0 bridgehead atoms. The van der Waals surface area contributed by atoms with Crippen molar-refractivity contribution in [3.8, 4) is 11.3 Å². The minimum Gasteiger partial charge on any atom is -0.296 e. The second-order valence-corrected chi connectivity index (χ2v) is 4.11. The molecule has 0 spiro atoms. The lowest BCUT2D eigenvalue weighted by Gasteiger charge is -2.02. The van der Waals surface area contributed by atoms with E-state index >= 15 is 0 Å². The molecule has 2 heterocycles. The maximum atomic E-state index is 10.9. The number of aldehydes is 1. The maximum Gasteiger partial charge on any atom is 0.270 e. The lowest BCUT2D eigenvalue weighted by molar-refractivity contribution is -0.384. The lowest BCUT2D eigenvalue weighted by Crippen LogP contribution is -1.95. The van der Waals surface area contributed by atoms with E-state index in [0.717, 1.165) is 0 Å². The Morgan fingerprint density at radius 2 is 2.10 bits per heavy atom. The summed E-state index contributed by atoms with van der Waals surface area (Å²) in [5, 5.41) is 10.8. The number of non-ortho nitro benzene ring substituents is 1. The number of carbonyl (C=O) groups excluding carboxylic acids is 1. The standard InChI is InChI=1S/C13H8N4O3/c18-8-11-5-15-13-6-14-12(7-16(11)13)9-2-1-3-10(4-9)17(19)20/h1-8H. The summed E-state index contributed by atoms with van der Waals surface area (Å²) in [5.74, 6) is 0. The molecule has 98 valence electrons. The van der Waals surface area contributed by atoms with E-state index < -0.39 is 4.92 Å². The van der Waals surface area contributed by atoms with E-state index in [0.29, 0.717) is 28.9 Å². The number of nitro benzene ring substituents is 1. The second kappa shape index (κ2) is 4.54. The molecule has 0 unspecified atom stereocenters. The van der Waals surface area contributed by atoms with Gasteiger partial charge >= 0.3 is 0 Å². The summed E-state index contributed by atoms with van der Waals surface area (Å²) < 4.78 is 1.59. The van der Waals surface area contributed by atoms with Gasteiger partial charge in [-0.05, 0) is 0 Å². The van der Waals surface area contributed by atoms with Crippen molar-refractivity contribution in [2.45, 2.75) is 0 Å². The summed E-state index contributed by atoms with van der Waals surface area (Å²) in [6.07, 6.45) is 5.28. The molecule has 1 aromatic carbocycles. The van der Waals surface area contributed by atoms with E-state index in [-0.39, 0.29) is 5.69 Å². The molecular weight excluding hydrogens is 260 g/mol. The Labute approximate surface area is 112 Å². The third-order valence-electron chi connectivity index (χ3n) is 2.90. The molecular formula is C13H8N4O3. The number of nitro groups is 1. The van der Waals surface area contributed by atoms with Crippen LogP contribution in [0.1, 0.15) is 10.5 Å². The Morgan fingerprint density at radius 3 is 2.85 bits per heavy atom. The molecule has 7 nitrogen and oxygen atoms in total. The number of imidazole rings is 1. The summed E-state index contributed by atoms with van der Waals surface area (Å²) in [5.41, 5.74) is 2.06. The van der Waals surface area contributed by atoms with Crippen LogP contribution >= 0.6 is 0 Å². The zero-order chi connectivity index (χ0) is 14.1. The Kier molecular flexibility index (Phi) is 2.72. The normalized spacial score (nSPS) is 10.6. The number of hydrogen-bond donors (Lipinski definition) is 0. The van der Waals surface area contributed by atoms with Gasteiger partial charge in [-0.15, -0.1) is 0 Å².